The van der Waals surface area contributed by atoms with E-state index >= 15 is 0 Å². The summed E-state index contributed by atoms with van der Waals surface area (Å²) in [7, 11) is -2.05. The summed E-state index contributed by atoms with van der Waals surface area (Å²) >= 11 is 0. The predicted octanol–water partition coefficient (Wildman–Crippen LogP) is 2.60. The number of rotatable bonds is 6. The molecular weight excluding hydrogens is 570 g/mol. The Morgan fingerprint density at radius 3 is 2.63 bits per heavy atom. The van der Waals surface area contributed by atoms with E-state index in [1.807, 2.05) is 42.5 Å². The van der Waals surface area contributed by atoms with Crippen LogP contribution in [0.2, 0.25) is 0 Å². The molecule has 43 heavy (non-hydrogen) atoms. The lowest BCUT2D eigenvalue weighted by atomic mass is 9.93. The SMILES string of the molecule is CN1CCCC/C=C\[C@@H]2C[C@@]2(C(=O)NS(=O)(=O)C2CC2)NC(=O)[C@@H]2C[C@@H](Oc3ccnc(-c4ccccc4)n3)C[C@H]2C1=O. The first-order valence-electron chi connectivity index (χ1n) is 15.0. The Kier molecular flexibility index (Phi) is 7.97. The molecule has 6 rings (SSSR count). The fourth-order valence-electron chi connectivity index (χ4n) is 6.20. The third kappa shape index (κ3) is 6.29. The summed E-state index contributed by atoms with van der Waals surface area (Å²) < 4.78 is 33.7. The van der Waals surface area contributed by atoms with Crippen LogP contribution in [-0.2, 0) is 24.4 Å². The number of nitrogens with zero attached hydrogens (tertiary/aromatic N) is 3. The highest BCUT2D eigenvalue weighted by Crippen LogP contribution is 2.47. The van der Waals surface area contributed by atoms with Gasteiger partial charge < -0.3 is 15.0 Å². The highest BCUT2D eigenvalue weighted by atomic mass is 32.2. The van der Waals surface area contributed by atoms with Crippen LogP contribution < -0.4 is 14.8 Å². The molecule has 3 aliphatic carbocycles. The molecule has 3 fully saturated rings. The van der Waals surface area contributed by atoms with Gasteiger partial charge in [-0.15, -0.1) is 0 Å². The number of hydrogen-bond acceptors (Lipinski definition) is 8. The zero-order valence-electron chi connectivity index (χ0n) is 24.1. The summed E-state index contributed by atoms with van der Waals surface area (Å²) in [6, 6.07) is 11.2. The van der Waals surface area contributed by atoms with Crippen LogP contribution >= 0.6 is 0 Å². The topological polar surface area (TPSA) is 148 Å². The number of nitrogens with one attached hydrogen (secondary N) is 2. The van der Waals surface area contributed by atoms with Gasteiger partial charge in [0.1, 0.15) is 11.6 Å². The zero-order valence-corrected chi connectivity index (χ0v) is 25.0. The van der Waals surface area contributed by atoms with Crippen molar-refractivity contribution >= 4 is 27.7 Å². The number of sulfonamides is 1. The van der Waals surface area contributed by atoms with Gasteiger partial charge >= 0.3 is 0 Å². The van der Waals surface area contributed by atoms with Crippen molar-refractivity contribution in [1.82, 2.24) is 24.9 Å². The van der Waals surface area contributed by atoms with Crippen molar-refractivity contribution in [3.63, 3.8) is 0 Å². The molecule has 2 heterocycles. The maximum Gasteiger partial charge on any atom is 0.259 e. The van der Waals surface area contributed by atoms with Crippen LogP contribution in [0.3, 0.4) is 0 Å². The number of ether oxygens (including phenoxy) is 1. The second-order valence-electron chi connectivity index (χ2n) is 12.1. The van der Waals surface area contributed by atoms with E-state index in [1.165, 1.54) is 0 Å². The van der Waals surface area contributed by atoms with E-state index in [4.69, 9.17) is 4.74 Å². The van der Waals surface area contributed by atoms with E-state index in [0.717, 1.165) is 24.8 Å². The van der Waals surface area contributed by atoms with Crippen LogP contribution in [0, 0.1) is 17.8 Å². The summed E-state index contributed by atoms with van der Waals surface area (Å²) in [6.07, 6.45) is 9.34. The van der Waals surface area contributed by atoms with E-state index in [9.17, 15) is 22.8 Å². The van der Waals surface area contributed by atoms with Gasteiger partial charge in [0, 0.05) is 37.3 Å². The Morgan fingerprint density at radius 2 is 1.86 bits per heavy atom. The molecule has 1 aliphatic heterocycles. The van der Waals surface area contributed by atoms with Gasteiger partial charge in [-0.3, -0.25) is 19.1 Å². The van der Waals surface area contributed by atoms with Crippen molar-refractivity contribution in [3.8, 4) is 17.3 Å². The lowest BCUT2D eigenvalue weighted by molar-refractivity contribution is -0.140. The first kappa shape index (κ1) is 29.3. The molecule has 3 saturated carbocycles. The van der Waals surface area contributed by atoms with Crippen molar-refractivity contribution in [2.24, 2.45) is 17.8 Å². The van der Waals surface area contributed by atoms with Gasteiger partial charge in [0.05, 0.1) is 17.1 Å². The first-order valence-corrected chi connectivity index (χ1v) is 16.6. The van der Waals surface area contributed by atoms with Gasteiger partial charge in [-0.1, -0.05) is 42.5 Å². The van der Waals surface area contributed by atoms with Crippen LogP contribution in [-0.4, -0.2) is 71.5 Å². The third-order valence-electron chi connectivity index (χ3n) is 8.95. The molecule has 5 atom stereocenters. The van der Waals surface area contributed by atoms with Gasteiger partial charge in [0.2, 0.25) is 27.7 Å². The fourth-order valence-corrected chi connectivity index (χ4v) is 7.56. The molecule has 1 aromatic heterocycles. The summed E-state index contributed by atoms with van der Waals surface area (Å²) in [5.74, 6) is -2.19. The molecule has 4 aliphatic rings. The molecule has 1 aromatic carbocycles. The normalized spacial score (nSPS) is 30.3. The molecule has 0 unspecified atom stereocenters. The highest BCUT2D eigenvalue weighted by Gasteiger charge is 2.62. The molecule has 3 amide bonds. The lowest BCUT2D eigenvalue weighted by Gasteiger charge is -2.26. The Balaban J connectivity index is 1.24. The van der Waals surface area contributed by atoms with Crippen molar-refractivity contribution in [2.45, 2.75) is 68.3 Å². The van der Waals surface area contributed by atoms with Gasteiger partial charge in [0.25, 0.3) is 5.91 Å². The minimum Gasteiger partial charge on any atom is -0.474 e. The molecule has 2 aromatic rings. The van der Waals surface area contributed by atoms with Gasteiger partial charge in [0.15, 0.2) is 5.82 Å². The number of allylic oxidation sites excluding steroid dienone is 1. The number of aromatic nitrogens is 2. The molecule has 11 nitrogen and oxygen atoms in total. The Hall–Kier alpha value is -3.80. The largest absolute Gasteiger partial charge is 0.474 e. The average molecular weight is 608 g/mol. The number of carbonyl (C=O) groups excluding carboxylic acids is 3. The molecular formula is C31H37N5O6S. The third-order valence-corrected chi connectivity index (χ3v) is 10.8. The Bertz CT molecular complexity index is 1530. The molecule has 0 spiro atoms. The number of benzene rings is 1. The number of carbonyl (C=O) groups is 3. The van der Waals surface area contributed by atoms with Crippen LogP contribution in [0.5, 0.6) is 5.88 Å². The summed E-state index contributed by atoms with van der Waals surface area (Å²) in [5, 5.41) is 2.34. The Labute approximate surface area is 251 Å². The quantitative estimate of drug-likeness (QED) is 0.477. The van der Waals surface area contributed by atoms with Crippen LogP contribution in [0.4, 0.5) is 0 Å². The van der Waals surface area contributed by atoms with E-state index < -0.39 is 50.6 Å². The minimum absolute atomic E-state index is 0.145. The van der Waals surface area contributed by atoms with E-state index in [2.05, 4.69) is 20.0 Å². The van der Waals surface area contributed by atoms with E-state index in [-0.39, 0.29) is 18.2 Å². The standard InChI is InChI=1S/C31H37N5O6S/c1-36-16-8-3-2-7-11-21-19-31(21,30(39)35-43(40,41)23-12-13-23)34-28(37)24-17-22(18-25(24)29(36)38)42-26-14-15-32-27(33-26)20-9-5-4-6-10-20/h4-7,9-11,14-15,21-25H,2-3,8,12-13,16-19H2,1H3,(H,34,37)(H,35,39)/b11-7-/t21-,22-,24-,25-,31-/m1/s1. The fraction of sp³-hybridized carbons (Fsp3) is 0.516. The number of fused-ring (bicyclic) bond motifs is 2. The van der Waals surface area contributed by atoms with Crippen LogP contribution in [0.15, 0.2) is 54.7 Å². The maximum absolute atomic E-state index is 13.9. The van der Waals surface area contributed by atoms with Gasteiger partial charge in [-0.2, -0.15) is 4.98 Å². The monoisotopic (exact) mass is 607 g/mol. The van der Waals surface area contributed by atoms with Gasteiger partial charge in [-0.25, -0.2) is 13.4 Å². The first-order chi connectivity index (χ1) is 20.7. The summed E-state index contributed by atoms with van der Waals surface area (Å²) in [5.41, 5.74) is -0.529. The lowest BCUT2D eigenvalue weighted by Crippen LogP contribution is -2.54. The maximum atomic E-state index is 13.9. The predicted molar refractivity (Wildman–Crippen MR) is 158 cm³/mol. The molecule has 0 radical (unpaired) electrons. The van der Waals surface area contributed by atoms with Crippen molar-refractivity contribution in [1.29, 1.82) is 0 Å². The smallest absolute Gasteiger partial charge is 0.259 e. The zero-order chi connectivity index (χ0) is 30.2. The van der Waals surface area contributed by atoms with Gasteiger partial charge in [-0.05, 0) is 51.4 Å². The second kappa shape index (κ2) is 11.7. The summed E-state index contributed by atoms with van der Waals surface area (Å²) in [6.45, 7) is 0.574. The molecule has 0 bridgehead atoms. The second-order valence-corrected chi connectivity index (χ2v) is 14.1. The Morgan fingerprint density at radius 1 is 1.09 bits per heavy atom. The van der Waals surface area contributed by atoms with E-state index in [1.54, 1.807) is 24.2 Å². The van der Waals surface area contributed by atoms with Crippen molar-refractivity contribution < 1.29 is 27.5 Å². The molecule has 2 N–H and O–H groups in total. The minimum atomic E-state index is -3.79. The molecule has 228 valence electrons. The van der Waals surface area contributed by atoms with Crippen molar-refractivity contribution in [3.05, 3.63) is 54.7 Å². The highest BCUT2D eigenvalue weighted by molar-refractivity contribution is 7.91. The number of hydrogen-bond donors (Lipinski definition) is 2. The molecule has 0 saturated heterocycles. The van der Waals surface area contributed by atoms with Crippen LogP contribution in [0.25, 0.3) is 11.4 Å². The number of amides is 3. The van der Waals surface area contributed by atoms with E-state index in [0.29, 0.717) is 43.9 Å². The van der Waals surface area contributed by atoms with Crippen molar-refractivity contribution in [2.75, 3.05) is 13.6 Å². The summed E-state index contributed by atoms with van der Waals surface area (Å²) in [4.78, 5) is 51.5. The average Bonchev–Trinajstić information content (AvgIpc) is 3.92. The molecule has 12 heteroatoms. The van der Waals surface area contributed by atoms with Crippen LogP contribution in [0.1, 0.15) is 51.4 Å².